The Labute approximate surface area is 104 Å². The van der Waals surface area contributed by atoms with Gasteiger partial charge >= 0.3 is 5.97 Å². The van der Waals surface area contributed by atoms with Crippen molar-refractivity contribution in [3.63, 3.8) is 0 Å². The van der Waals surface area contributed by atoms with Crippen LogP contribution >= 0.6 is 0 Å². The maximum absolute atomic E-state index is 11.0. The van der Waals surface area contributed by atoms with E-state index in [-0.39, 0.29) is 5.92 Å². The number of carboxylic acids is 1. The van der Waals surface area contributed by atoms with Gasteiger partial charge in [0.15, 0.2) is 0 Å². The van der Waals surface area contributed by atoms with E-state index in [9.17, 15) is 4.79 Å². The van der Waals surface area contributed by atoms with Gasteiger partial charge in [0.05, 0.1) is 5.92 Å². The Balaban J connectivity index is 1.88. The summed E-state index contributed by atoms with van der Waals surface area (Å²) in [7, 11) is 0. The van der Waals surface area contributed by atoms with Crippen LogP contribution < -0.4 is 5.32 Å². The highest BCUT2D eigenvalue weighted by molar-refractivity contribution is 5.70. The maximum atomic E-state index is 11.0. The minimum atomic E-state index is -0.627. The van der Waals surface area contributed by atoms with Gasteiger partial charge in [-0.2, -0.15) is 0 Å². The molecule has 2 N–H and O–H groups in total. The lowest BCUT2D eigenvalue weighted by Crippen LogP contribution is -2.43. The van der Waals surface area contributed by atoms with Gasteiger partial charge < -0.3 is 10.4 Å². The van der Waals surface area contributed by atoms with E-state index in [4.69, 9.17) is 5.11 Å². The molecule has 2 rings (SSSR count). The molecule has 2 unspecified atom stereocenters. The number of carboxylic acid groups (broad SMARTS) is 1. The van der Waals surface area contributed by atoms with Gasteiger partial charge in [-0.3, -0.25) is 4.79 Å². The normalized spacial score (nSPS) is 34.5. The van der Waals surface area contributed by atoms with Crippen molar-refractivity contribution in [1.29, 1.82) is 0 Å². The quantitative estimate of drug-likeness (QED) is 0.778. The van der Waals surface area contributed by atoms with Gasteiger partial charge in [-0.15, -0.1) is 0 Å². The third-order valence-corrected chi connectivity index (χ3v) is 4.78. The highest BCUT2D eigenvalue weighted by Crippen LogP contribution is 2.42. The SMILES string of the molecule is CC1(C)CCC(C2CNCC(C(=O)O)C2)CC1. The fourth-order valence-corrected chi connectivity index (χ4v) is 3.42. The van der Waals surface area contributed by atoms with Crippen LogP contribution in [0.4, 0.5) is 0 Å². The van der Waals surface area contributed by atoms with Gasteiger partial charge in [-0.1, -0.05) is 13.8 Å². The molecule has 2 atom stereocenters. The van der Waals surface area contributed by atoms with Crippen LogP contribution in [0.5, 0.6) is 0 Å². The minimum Gasteiger partial charge on any atom is -0.481 e. The molecule has 0 bridgehead atoms. The summed E-state index contributed by atoms with van der Waals surface area (Å²) in [5, 5.41) is 12.4. The van der Waals surface area contributed by atoms with Crippen molar-refractivity contribution in [2.75, 3.05) is 13.1 Å². The Hall–Kier alpha value is -0.570. The molecule has 3 nitrogen and oxygen atoms in total. The molecule has 3 heteroatoms. The maximum Gasteiger partial charge on any atom is 0.307 e. The Morgan fingerprint density at radius 2 is 1.82 bits per heavy atom. The molecule has 17 heavy (non-hydrogen) atoms. The van der Waals surface area contributed by atoms with Crippen molar-refractivity contribution in [2.24, 2.45) is 23.2 Å². The zero-order chi connectivity index (χ0) is 12.5. The smallest absolute Gasteiger partial charge is 0.307 e. The lowest BCUT2D eigenvalue weighted by atomic mass is 9.67. The summed E-state index contributed by atoms with van der Waals surface area (Å²) in [6, 6.07) is 0. The predicted molar refractivity (Wildman–Crippen MR) is 67.8 cm³/mol. The fourth-order valence-electron chi connectivity index (χ4n) is 3.42. The van der Waals surface area contributed by atoms with E-state index < -0.39 is 5.97 Å². The second-order valence-corrected chi connectivity index (χ2v) is 6.69. The molecule has 0 aromatic carbocycles. The van der Waals surface area contributed by atoms with Crippen LogP contribution in [0.1, 0.15) is 46.0 Å². The summed E-state index contributed by atoms with van der Waals surface area (Å²) in [6.07, 6.45) is 6.04. The average molecular weight is 239 g/mol. The van der Waals surface area contributed by atoms with E-state index >= 15 is 0 Å². The van der Waals surface area contributed by atoms with E-state index in [2.05, 4.69) is 19.2 Å². The van der Waals surface area contributed by atoms with Crippen LogP contribution in [0.15, 0.2) is 0 Å². The number of rotatable bonds is 2. The summed E-state index contributed by atoms with van der Waals surface area (Å²) in [6.45, 7) is 6.38. The van der Waals surface area contributed by atoms with Gasteiger partial charge in [0, 0.05) is 6.54 Å². The molecule has 0 aromatic rings. The molecule has 0 amide bonds. The first-order chi connectivity index (χ1) is 7.98. The Bertz CT molecular complexity index is 278. The van der Waals surface area contributed by atoms with Gasteiger partial charge in [0.25, 0.3) is 0 Å². The number of piperidine rings is 1. The van der Waals surface area contributed by atoms with E-state index in [0.29, 0.717) is 17.9 Å². The van der Waals surface area contributed by atoms with Gasteiger partial charge in [-0.05, 0) is 55.9 Å². The second kappa shape index (κ2) is 4.97. The highest BCUT2D eigenvalue weighted by Gasteiger charge is 2.35. The van der Waals surface area contributed by atoms with Gasteiger partial charge in [-0.25, -0.2) is 0 Å². The standard InChI is InChI=1S/C14H25NO2/c1-14(2)5-3-10(4-6-14)11-7-12(13(16)17)9-15-8-11/h10-12,15H,3-9H2,1-2H3,(H,16,17). The monoisotopic (exact) mass is 239 g/mol. The molecule has 0 aromatic heterocycles. The summed E-state index contributed by atoms with van der Waals surface area (Å²) in [5.41, 5.74) is 0.505. The van der Waals surface area contributed by atoms with Crippen LogP contribution in [0, 0.1) is 23.2 Å². The van der Waals surface area contributed by atoms with Crippen molar-refractivity contribution in [3.8, 4) is 0 Å². The van der Waals surface area contributed by atoms with Crippen molar-refractivity contribution in [3.05, 3.63) is 0 Å². The molecular weight excluding hydrogens is 214 g/mol. The largest absolute Gasteiger partial charge is 0.481 e. The first-order valence-electron chi connectivity index (χ1n) is 6.91. The summed E-state index contributed by atoms with van der Waals surface area (Å²) < 4.78 is 0. The molecule has 98 valence electrons. The van der Waals surface area contributed by atoms with Crippen LogP contribution in [-0.2, 0) is 4.79 Å². The van der Waals surface area contributed by atoms with Crippen LogP contribution in [0.3, 0.4) is 0 Å². The zero-order valence-corrected chi connectivity index (χ0v) is 11.0. The number of hydrogen-bond donors (Lipinski definition) is 2. The lowest BCUT2D eigenvalue weighted by Gasteiger charge is -2.40. The lowest BCUT2D eigenvalue weighted by molar-refractivity contribution is -0.143. The zero-order valence-electron chi connectivity index (χ0n) is 11.0. The van der Waals surface area contributed by atoms with E-state index in [0.717, 1.165) is 18.9 Å². The Morgan fingerprint density at radius 3 is 2.41 bits per heavy atom. The third-order valence-electron chi connectivity index (χ3n) is 4.78. The summed E-state index contributed by atoms with van der Waals surface area (Å²) in [5.74, 6) is 0.542. The molecule has 2 fully saturated rings. The number of carbonyl (C=O) groups is 1. The van der Waals surface area contributed by atoms with Crippen LogP contribution in [0.25, 0.3) is 0 Å². The van der Waals surface area contributed by atoms with Crippen LogP contribution in [-0.4, -0.2) is 24.2 Å². The fraction of sp³-hybridized carbons (Fsp3) is 0.929. The Morgan fingerprint density at radius 1 is 1.18 bits per heavy atom. The van der Waals surface area contributed by atoms with E-state index in [1.807, 2.05) is 0 Å². The highest BCUT2D eigenvalue weighted by atomic mass is 16.4. The summed E-state index contributed by atoms with van der Waals surface area (Å²) >= 11 is 0. The van der Waals surface area contributed by atoms with Crippen molar-refractivity contribution in [2.45, 2.75) is 46.0 Å². The first kappa shape index (κ1) is 12.9. The number of nitrogens with one attached hydrogen (secondary N) is 1. The third kappa shape index (κ3) is 3.21. The Kier molecular flexibility index (Phi) is 3.76. The van der Waals surface area contributed by atoms with E-state index in [1.54, 1.807) is 0 Å². The molecule has 0 radical (unpaired) electrons. The molecule has 1 saturated carbocycles. The average Bonchev–Trinajstić information content (AvgIpc) is 2.29. The van der Waals surface area contributed by atoms with Gasteiger partial charge in [0.1, 0.15) is 0 Å². The number of hydrogen-bond acceptors (Lipinski definition) is 2. The minimum absolute atomic E-state index is 0.163. The van der Waals surface area contributed by atoms with Crippen molar-refractivity contribution >= 4 is 5.97 Å². The van der Waals surface area contributed by atoms with Gasteiger partial charge in [0.2, 0.25) is 0 Å². The summed E-state index contributed by atoms with van der Waals surface area (Å²) in [4.78, 5) is 11.0. The second-order valence-electron chi connectivity index (χ2n) is 6.69. The predicted octanol–water partition coefficient (Wildman–Crippen LogP) is 2.51. The molecule has 0 spiro atoms. The first-order valence-corrected chi connectivity index (χ1v) is 6.91. The van der Waals surface area contributed by atoms with Crippen molar-refractivity contribution in [1.82, 2.24) is 5.32 Å². The molecule has 2 aliphatic rings. The van der Waals surface area contributed by atoms with Crippen LogP contribution in [0.2, 0.25) is 0 Å². The molecule has 1 aliphatic carbocycles. The number of aliphatic carboxylic acids is 1. The molecule has 1 heterocycles. The van der Waals surface area contributed by atoms with E-state index in [1.165, 1.54) is 25.7 Å². The topological polar surface area (TPSA) is 49.3 Å². The molecule has 1 saturated heterocycles. The van der Waals surface area contributed by atoms with Crippen molar-refractivity contribution < 1.29 is 9.90 Å². The molecular formula is C14H25NO2. The molecule has 1 aliphatic heterocycles.